The van der Waals surface area contributed by atoms with Crippen LogP contribution in [0.15, 0.2) is 98.9 Å². The first-order valence-corrected chi connectivity index (χ1v) is 7.93. The first-order chi connectivity index (χ1) is 10.8. The molecule has 0 fully saturated rings. The van der Waals surface area contributed by atoms with Crippen molar-refractivity contribution in [2.24, 2.45) is 10.2 Å². The molecule has 0 aliphatic carbocycles. The molecule has 108 valence electrons. The second kappa shape index (κ2) is 7.05. The Bertz CT molecular complexity index is 765. The summed E-state index contributed by atoms with van der Waals surface area (Å²) in [5, 5.41) is 8.70. The number of hydrogen-bond acceptors (Lipinski definition) is 3. The van der Waals surface area contributed by atoms with E-state index in [9.17, 15) is 0 Å². The zero-order valence-electron chi connectivity index (χ0n) is 12.3. The molecule has 0 heterocycles. The van der Waals surface area contributed by atoms with Crippen LogP contribution in [-0.2, 0) is 0 Å². The minimum absolute atomic E-state index is 0.859. The summed E-state index contributed by atoms with van der Waals surface area (Å²) in [4.78, 5) is 2.30. The van der Waals surface area contributed by atoms with Crippen molar-refractivity contribution in [1.82, 2.24) is 0 Å². The molecule has 3 heteroatoms. The Hall–Kier alpha value is -2.39. The molecular formula is C19H16N2S. The molecule has 0 aliphatic rings. The zero-order chi connectivity index (χ0) is 15.2. The SMILES string of the molecule is Cc1ccc(Sc2ccccc2N=Nc2ccccc2)cc1. The van der Waals surface area contributed by atoms with Crippen molar-refractivity contribution in [3.05, 3.63) is 84.4 Å². The van der Waals surface area contributed by atoms with E-state index < -0.39 is 0 Å². The van der Waals surface area contributed by atoms with Crippen molar-refractivity contribution in [1.29, 1.82) is 0 Å². The van der Waals surface area contributed by atoms with Gasteiger partial charge < -0.3 is 0 Å². The van der Waals surface area contributed by atoms with E-state index in [1.807, 2.05) is 48.5 Å². The molecule has 0 aromatic heterocycles. The van der Waals surface area contributed by atoms with Crippen molar-refractivity contribution in [3.8, 4) is 0 Å². The molecule has 0 N–H and O–H groups in total. The monoisotopic (exact) mass is 304 g/mol. The first kappa shape index (κ1) is 14.5. The van der Waals surface area contributed by atoms with Crippen LogP contribution in [0, 0.1) is 6.92 Å². The molecule has 0 unspecified atom stereocenters. The number of benzene rings is 3. The Morgan fingerprint density at radius 1 is 0.682 bits per heavy atom. The third-order valence-corrected chi connectivity index (χ3v) is 4.22. The Balaban J connectivity index is 1.83. The normalized spacial score (nSPS) is 11.0. The summed E-state index contributed by atoms with van der Waals surface area (Å²) >= 11 is 1.70. The molecule has 22 heavy (non-hydrogen) atoms. The second-order valence-corrected chi connectivity index (χ2v) is 6.03. The Kier molecular flexibility index (Phi) is 4.66. The predicted octanol–water partition coefficient (Wildman–Crippen LogP) is 6.56. The van der Waals surface area contributed by atoms with Gasteiger partial charge in [0.05, 0.1) is 11.4 Å². The van der Waals surface area contributed by atoms with E-state index in [4.69, 9.17) is 0 Å². The van der Waals surface area contributed by atoms with Gasteiger partial charge in [0, 0.05) is 9.79 Å². The van der Waals surface area contributed by atoms with Gasteiger partial charge in [-0.1, -0.05) is 59.8 Å². The molecule has 0 spiro atoms. The molecule has 0 atom stereocenters. The number of rotatable bonds is 4. The van der Waals surface area contributed by atoms with Crippen LogP contribution in [0.1, 0.15) is 5.56 Å². The molecule has 0 amide bonds. The van der Waals surface area contributed by atoms with E-state index in [0.717, 1.165) is 16.3 Å². The number of nitrogens with zero attached hydrogens (tertiary/aromatic N) is 2. The highest BCUT2D eigenvalue weighted by atomic mass is 32.2. The minimum Gasteiger partial charge on any atom is -0.151 e. The van der Waals surface area contributed by atoms with E-state index in [1.54, 1.807) is 11.8 Å². The third-order valence-electron chi connectivity index (χ3n) is 3.14. The van der Waals surface area contributed by atoms with Gasteiger partial charge in [0.15, 0.2) is 0 Å². The molecular weight excluding hydrogens is 288 g/mol. The summed E-state index contributed by atoms with van der Waals surface area (Å²) in [6.07, 6.45) is 0. The van der Waals surface area contributed by atoms with Crippen LogP contribution in [0.25, 0.3) is 0 Å². The first-order valence-electron chi connectivity index (χ1n) is 7.11. The third kappa shape index (κ3) is 3.83. The largest absolute Gasteiger partial charge is 0.151 e. The number of azo groups is 1. The molecule has 2 nitrogen and oxygen atoms in total. The summed E-state index contributed by atoms with van der Waals surface area (Å²) in [6.45, 7) is 2.09. The highest BCUT2D eigenvalue weighted by Gasteiger charge is 2.03. The van der Waals surface area contributed by atoms with Crippen LogP contribution in [0.2, 0.25) is 0 Å². The van der Waals surface area contributed by atoms with Crippen LogP contribution in [-0.4, -0.2) is 0 Å². The average Bonchev–Trinajstić information content (AvgIpc) is 2.57. The number of aryl methyl sites for hydroxylation is 1. The van der Waals surface area contributed by atoms with E-state index >= 15 is 0 Å². The fraction of sp³-hybridized carbons (Fsp3) is 0.0526. The van der Waals surface area contributed by atoms with Crippen molar-refractivity contribution >= 4 is 23.1 Å². The lowest BCUT2D eigenvalue weighted by Gasteiger charge is -2.05. The summed E-state index contributed by atoms with van der Waals surface area (Å²) in [6, 6.07) is 26.4. The molecule has 0 radical (unpaired) electrons. The quantitative estimate of drug-likeness (QED) is 0.501. The van der Waals surface area contributed by atoms with Gasteiger partial charge in [-0.25, -0.2) is 0 Å². The van der Waals surface area contributed by atoms with Gasteiger partial charge in [-0.2, -0.15) is 5.11 Å². The molecule has 3 aromatic carbocycles. The van der Waals surface area contributed by atoms with Crippen LogP contribution >= 0.6 is 11.8 Å². The molecule has 3 rings (SSSR count). The average molecular weight is 304 g/mol. The summed E-state index contributed by atoms with van der Waals surface area (Å²) in [5.74, 6) is 0. The van der Waals surface area contributed by atoms with Gasteiger partial charge in [0.1, 0.15) is 0 Å². The van der Waals surface area contributed by atoms with E-state index in [2.05, 4.69) is 47.5 Å². The van der Waals surface area contributed by atoms with Gasteiger partial charge in [-0.05, 0) is 43.3 Å². The lowest BCUT2D eigenvalue weighted by molar-refractivity contribution is 1.19. The van der Waals surface area contributed by atoms with Crippen LogP contribution in [0.3, 0.4) is 0 Å². The summed E-state index contributed by atoms with van der Waals surface area (Å²) in [7, 11) is 0. The summed E-state index contributed by atoms with van der Waals surface area (Å²) in [5.41, 5.74) is 3.01. The lowest BCUT2D eigenvalue weighted by Crippen LogP contribution is -1.76. The highest BCUT2D eigenvalue weighted by molar-refractivity contribution is 7.99. The van der Waals surface area contributed by atoms with Crippen molar-refractivity contribution in [2.75, 3.05) is 0 Å². The molecule has 0 saturated carbocycles. The summed E-state index contributed by atoms with van der Waals surface area (Å²) < 4.78 is 0. The van der Waals surface area contributed by atoms with Crippen molar-refractivity contribution in [2.45, 2.75) is 16.7 Å². The number of hydrogen-bond donors (Lipinski definition) is 0. The van der Waals surface area contributed by atoms with Crippen molar-refractivity contribution in [3.63, 3.8) is 0 Å². The Morgan fingerprint density at radius 3 is 2.14 bits per heavy atom. The lowest BCUT2D eigenvalue weighted by atomic mass is 10.2. The maximum absolute atomic E-state index is 4.39. The van der Waals surface area contributed by atoms with E-state index in [-0.39, 0.29) is 0 Å². The maximum atomic E-state index is 4.39. The molecule has 0 bridgehead atoms. The van der Waals surface area contributed by atoms with E-state index in [1.165, 1.54) is 10.5 Å². The smallest absolute Gasteiger partial charge is 0.0996 e. The Morgan fingerprint density at radius 2 is 1.36 bits per heavy atom. The fourth-order valence-electron chi connectivity index (χ4n) is 1.97. The molecule has 0 saturated heterocycles. The minimum atomic E-state index is 0.859. The maximum Gasteiger partial charge on any atom is 0.0996 e. The van der Waals surface area contributed by atoms with Crippen molar-refractivity contribution < 1.29 is 0 Å². The van der Waals surface area contributed by atoms with Crippen LogP contribution < -0.4 is 0 Å². The standard InChI is InChI=1S/C19H16N2S/c1-15-11-13-17(14-12-15)22-19-10-6-5-9-18(19)21-20-16-7-3-2-4-8-16/h2-14H,1H3. The van der Waals surface area contributed by atoms with Gasteiger partial charge in [-0.3, -0.25) is 0 Å². The highest BCUT2D eigenvalue weighted by Crippen LogP contribution is 2.35. The topological polar surface area (TPSA) is 24.7 Å². The molecule has 0 aliphatic heterocycles. The van der Waals surface area contributed by atoms with Gasteiger partial charge in [0.25, 0.3) is 0 Å². The van der Waals surface area contributed by atoms with Crippen LogP contribution in [0.4, 0.5) is 11.4 Å². The second-order valence-electron chi connectivity index (χ2n) is 4.92. The van der Waals surface area contributed by atoms with Gasteiger partial charge in [0.2, 0.25) is 0 Å². The van der Waals surface area contributed by atoms with Crippen LogP contribution in [0.5, 0.6) is 0 Å². The molecule has 3 aromatic rings. The van der Waals surface area contributed by atoms with Gasteiger partial charge >= 0.3 is 0 Å². The predicted molar refractivity (Wildman–Crippen MR) is 92.4 cm³/mol. The zero-order valence-corrected chi connectivity index (χ0v) is 13.1. The Labute approximate surface area is 134 Å². The fourth-order valence-corrected chi connectivity index (χ4v) is 2.85. The van der Waals surface area contributed by atoms with Gasteiger partial charge in [-0.15, -0.1) is 5.11 Å². The van der Waals surface area contributed by atoms with E-state index in [0.29, 0.717) is 0 Å².